The van der Waals surface area contributed by atoms with Crippen molar-refractivity contribution >= 4 is 0 Å². The van der Waals surface area contributed by atoms with E-state index in [9.17, 15) is 5.11 Å². The van der Waals surface area contributed by atoms with Gasteiger partial charge in [-0.05, 0) is 37.6 Å². The van der Waals surface area contributed by atoms with E-state index in [0.29, 0.717) is 5.75 Å². The second kappa shape index (κ2) is 8.15. The van der Waals surface area contributed by atoms with Gasteiger partial charge in [0.25, 0.3) is 0 Å². The highest BCUT2D eigenvalue weighted by Gasteiger charge is 2.03. The zero-order valence-corrected chi connectivity index (χ0v) is 12.5. The van der Waals surface area contributed by atoms with Crippen molar-refractivity contribution in [2.75, 3.05) is 40.4 Å². The number of nitrogens with zero attached hydrogens (tertiary/aromatic N) is 1. The summed E-state index contributed by atoms with van der Waals surface area (Å²) in [5, 5.41) is 13.1. The molecule has 1 rings (SSSR count). The third kappa shape index (κ3) is 5.59. The van der Waals surface area contributed by atoms with Gasteiger partial charge in [0.05, 0.1) is 6.61 Å². The number of nitrogens with one attached hydrogen (secondary N) is 1. The van der Waals surface area contributed by atoms with Crippen LogP contribution in [0.15, 0.2) is 12.1 Å². The number of aromatic hydroxyl groups is 1. The van der Waals surface area contributed by atoms with Crippen molar-refractivity contribution in [1.29, 1.82) is 0 Å². The zero-order chi connectivity index (χ0) is 14.3. The van der Waals surface area contributed by atoms with E-state index in [1.165, 1.54) is 5.56 Å². The molecular weight excluding hydrogens is 240 g/mol. The van der Waals surface area contributed by atoms with E-state index in [0.717, 1.165) is 43.9 Å². The highest BCUT2D eigenvalue weighted by atomic mass is 16.5. The molecule has 0 saturated heterocycles. The summed E-state index contributed by atoms with van der Waals surface area (Å²) in [5.41, 5.74) is 3.09. The van der Waals surface area contributed by atoms with Crippen molar-refractivity contribution in [3.8, 4) is 5.75 Å². The van der Waals surface area contributed by atoms with Crippen LogP contribution < -0.4 is 5.32 Å². The largest absolute Gasteiger partial charge is 0.507 e. The van der Waals surface area contributed by atoms with Crippen LogP contribution in [0.2, 0.25) is 0 Å². The Morgan fingerprint density at radius 1 is 1.21 bits per heavy atom. The molecule has 0 amide bonds. The number of benzene rings is 1. The number of hydrogen-bond acceptors (Lipinski definition) is 4. The highest BCUT2D eigenvalue weighted by molar-refractivity contribution is 5.42. The summed E-state index contributed by atoms with van der Waals surface area (Å²) in [7, 11) is 3.82. The summed E-state index contributed by atoms with van der Waals surface area (Å²) < 4.78 is 5.04. The fourth-order valence-electron chi connectivity index (χ4n) is 2.01. The van der Waals surface area contributed by atoms with Gasteiger partial charge in [0.1, 0.15) is 5.75 Å². The van der Waals surface area contributed by atoms with Gasteiger partial charge in [0, 0.05) is 33.3 Å². The first-order valence-corrected chi connectivity index (χ1v) is 6.72. The maximum atomic E-state index is 9.72. The quantitative estimate of drug-likeness (QED) is 0.703. The van der Waals surface area contributed by atoms with Crippen LogP contribution >= 0.6 is 0 Å². The van der Waals surface area contributed by atoms with E-state index in [2.05, 4.69) is 17.3 Å². The van der Waals surface area contributed by atoms with Crippen LogP contribution in [0.4, 0.5) is 0 Å². The zero-order valence-electron chi connectivity index (χ0n) is 12.5. The number of hydrogen-bond donors (Lipinski definition) is 2. The second-order valence-corrected chi connectivity index (χ2v) is 5.05. The summed E-state index contributed by atoms with van der Waals surface area (Å²) >= 11 is 0. The van der Waals surface area contributed by atoms with E-state index in [4.69, 9.17) is 4.74 Å². The van der Waals surface area contributed by atoms with Crippen LogP contribution in [0.5, 0.6) is 5.75 Å². The number of ether oxygens (including phenoxy) is 1. The summed E-state index contributed by atoms with van der Waals surface area (Å²) in [6.45, 7) is 8.37. The van der Waals surface area contributed by atoms with Crippen LogP contribution in [0.25, 0.3) is 0 Å². The molecule has 0 radical (unpaired) electrons. The van der Waals surface area contributed by atoms with Crippen LogP contribution in [0, 0.1) is 13.8 Å². The molecule has 0 bridgehead atoms. The Balaban J connectivity index is 2.30. The van der Waals surface area contributed by atoms with Crippen molar-refractivity contribution in [1.82, 2.24) is 10.2 Å². The topological polar surface area (TPSA) is 44.7 Å². The Bertz CT molecular complexity index is 371. The molecule has 0 heterocycles. The molecular formula is C15H26N2O2. The molecule has 1 aromatic rings. The van der Waals surface area contributed by atoms with Crippen molar-refractivity contribution in [3.63, 3.8) is 0 Å². The maximum absolute atomic E-state index is 9.72. The number of aryl methyl sites for hydroxylation is 2. The summed E-state index contributed by atoms with van der Waals surface area (Å²) in [5.74, 6) is 0.406. The molecule has 2 N–H and O–H groups in total. The van der Waals surface area contributed by atoms with Crippen LogP contribution in [-0.4, -0.2) is 50.4 Å². The Labute approximate surface area is 116 Å². The molecule has 4 nitrogen and oxygen atoms in total. The number of rotatable bonds is 8. The van der Waals surface area contributed by atoms with Gasteiger partial charge in [-0.3, -0.25) is 0 Å². The number of phenolic OH excluding ortho intramolecular Hbond substituents is 1. The molecule has 0 aliphatic carbocycles. The van der Waals surface area contributed by atoms with Crippen LogP contribution in [-0.2, 0) is 11.3 Å². The normalized spacial score (nSPS) is 11.2. The number of methoxy groups -OCH3 is 1. The van der Waals surface area contributed by atoms with Gasteiger partial charge in [-0.15, -0.1) is 0 Å². The molecule has 4 heteroatoms. The number of phenols is 1. The molecule has 0 spiro atoms. The Morgan fingerprint density at radius 3 is 2.42 bits per heavy atom. The van der Waals surface area contributed by atoms with E-state index in [1.807, 2.05) is 26.0 Å². The van der Waals surface area contributed by atoms with Crippen molar-refractivity contribution in [2.45, 2.75) is 20.4 Å². The minimum Gasteiger partial charge on any atom is -0.507 e. The van der Waals surface area contributed by atoms with Gasteiger partial charge in [0.15, 0.2) is 0 Å². The Morgan fingerprint density at radius 2 is 1.84 bits per heavy atom. The standard InChI is InChI=1S/C15H26N2O2/c1-12-9-14(10-13(2)15(12)18)11-16-5-6-17(3)7-8-19-4/h9-10,16,18H,5-8,11H2,1-4H3. The van der Waals surface area contributed by atoms with E-state index in [1.54, 1.807) is 7.11 Å². The predicted octanol–water partition coefficient (Wildman–Crippen LogP) is 1.68. The third-order valence-corrected chi connectivity index (χ3v) is 3.23. The minimum absolute atomic E-state index is 0.406. The molecule has 0 aliphatic heterocycles. The van der Waals surface area contributed by atoms with E-state index < -0.39 is 0 Å². The average Bonchev–Trinajstić information content (AvgIpc) is 2.38. The van der Waals surface area contributed by atoms with Crippen LogP contribution in [0.3, 0.4) is 0 Å². The molecule has 1 aromatic carbocycles. The van der Waals surface area contributed by atoms with Gasteiger partial charge >= 0.3 is 0 Å². The lowest BCUT2D eigenvalue weighted by molar-refractivity contribution is 0.161. The lowest BCUT2D eigenvalue weighted by Gasteiger charge is -2.16. The van der Waals surface area contributed by atoms with Crippen LogP contribution in [0.1, 0.15) is 16.7 Å². The Hall–Kier alpha value is -1.10. The van der Waals surface area contributed by atoms with E-state index in [-0.39, 0.29) is 0 Å². The summed E-state index contributed by atoms with van der Waals surface area (Å²) in [6.07, 6.45) is 0. The SMILES string of the molecule is COCCN(C)CCNCc1cc(C)c(O)c(C)c1. The fraction of sp³-hybridized carbons (Fsp3) is 0.600. The first-order valence-electron chi connectivity index (χ1n) is 6.72. The molecule has 0 fully saturated rings. The van der Waals surface area contributed by atoms with Gasteiger partial charge in [-0.25, -0.2) is 0 Å². The Kier molecular flexibility index (Phi) is 6.84. The van der Waals surface area contributed by atoms with Crippen molar-refractivity contribution in [2.24, 2.45) is 0 Å². The van der Waals surface area contributed by atoms with Crippen molar-refractivity contribution in [3.05, 3.63) is 28.8 Å². The fourth-order valence-corrected chi connectivity index (χ4v) is 2.01. The minimum atomic E-state index is 0.406. The molecule has 0 saturated carbocycles. The monoisotopic (exact) mass is 266 g/mol. The van der Waals surface area contributed by atoms with Gasteiger partial charge < -0.3 is 20.1 Å². The maximum Gasteiger partial charge on any atom is 0.121 e. The second-order valence-electron chi connectivity index (χ2n) is 5.05. The first-order chi connectivity index (χ1) is 9.04. The smallest absolute Gasteiger partial charge is 0.121 e. The molecule has 0 atom stereocenters. The first kappa shape index (κ1) is 16.0. The highest BCUT2D eigenvalue weighted by Crippen LogP contribution is 2.22. The summed E-state index contributed by atoms with van der Waals surface area (Å²) in [6, 6.07) is 4.06. The van der Waals surface area contributed by atoms with Gasteiger partial charge in [-0.1, -0.05) is 12.1 Å². The van der Waals surface area contributed by atoms with Gasteiger partial charge in [0.2, 0.25) is 0 Å². The average molecular weight is 266 g/mol. The molecule has 19 heavy (non-hydrogen) atoms. The molecule has 0 aromatic heterocycles. The summed E-state index contributed by atoms with van der Waals surface area (Å²) in [4.78, 5) is 2.24. The van der Waals surface area contributed by atoms with Crippen molar-refractivity contribution < 1.29 is 9.84 Å². The predicted molar refractivity (Wildman–Crippen MR) is 78.7 cm³/mol. The number of likely N-dealkylation sites (N-methyl/N-ethyl adjacent to an activating group) is 1. The molecule has 108 valence electrons. The van der Waals surface area contributed by atoms with Gasteiger partial charge in [-0.2, -0.15) is 0 Å². The molecule has 0 aliphatic rings. The lowest BCUT2D eigenvalue weighted by Crippen LogP contribution is -2.31. The molecule has 0 unspecified atom stereocenters. The lowest BCUT2D eigenvalue weighted by atomic mass is 10.1. The third-order valence-electron chi connectivity index (χ3n) is 3.23. The van der Waals surface area contributed by atoms with E-state index >= 15 is 0 Å².